The van der Waals surface area contributed by atoms with E-state index in [2.05, 4.69) is 10.3 Å². The molecule has 112 valence electrons. The van der Waals surface area contributed by atoms with Crippen LogP contribution in [-0.2, 0) is 0 Å². The van der Waals surface area contributed by atoms with Crippen LogP contribution in [0.5, 0.6) is 0 Å². The molecule has 0 aromatic carbocycles. The van der Waals surface area contributed by atoms with E-state index in [0.717, 1.165) is 12.8 Å². The largest absolute Gasteiger partial charge is 0.388 e. The summed E-state index contributed by atoms with van der Waals surface area (Å²) in [6.07, 6.45) is 2.72. The Hall–Kier alpha value is -1.37. The van der Waals surface area contributed by atoms with Crippen molar-refractivity contribution < 1.29 is 22.7 Å². The first kappa shape index (κ1) is 15.0. The van der Waals surface area contributed by atoms with Crippen molar-refractivity contribution in [3.05, 3.63) is 23.5 Å². The van der Waals surface area contributed by atoms with Gasteiger partial charge in [0, 0.05) is 6.54 Å². The Balaban J connectivity index is 2.15. The molecule has 1 aromatic rings. The lowest BCUT2D eigenvalue weighted by molar-refractivity contribution is -0.000882. The van der Waals surface area contributed by atoms with Gasteiger partial charge < -0.3 is 10.4 Å². The fraction of sp³-hybridized carbons (Fsp3) is 0.615. The van der Waals surface area contributed by atoms with Crippen molar-refractivity contribution in [3.63, 3.8) is 0 Å². The zero-order chi connectivity index (χ0) is 14.9. The quantitative estimate of drug-likeness (QED) is 0.665. The monoisotopic (exact) mass is 292 g/mol. The predicted octanol–water partition coefficient (Wildman–Crippen LogP) is 2.99. The van der Waals surface area contributed by atoms with Crippen molar-refractivity contribution in [3.8, 4) is 0 Å². The van der Waals surface area contributed by atoms with Gasteiger partial charge in [0.15, 0.2) is 0 Å². The van der Waals surface area contributed by atoms with Gasteiger partial charge in [-0.3, -0.25) is 0 Å². The van der Waals surface area contributed by atoms with E-state index in [1.54, 1.807) is 0 Å². The van der Waals surface area contributed by atoms with Crippen LogP contribution in [0.1, 0.15) is 32.6 Å². The lowest BCUT2D eigenvalue weighted by Crippen LogP contribution is -2.41. The summed E-state index contributed by atoms with van der Waals surface area (Å²) in [6, 6.07) is 0. The highest BCUT2D eigenvalue weighted by Crippen LogP contribution is 2.33. The predicted molar refractivity (Wildman–Crippen MR) is 65.1 cm³/mol. The number of halogens is 4. The van der Waals surface area contributed by atoms with Crippen LogP contribution in [0.15, 0.2) is 0 Å². The number of pyridine rings is 1. The van der Waals surface area contributed by atoms with Crippen molar-refractivity contribution >= 4 is 5.69 Å². The Morgan fingerprint density at radius 2 is 1.85 bits per heavy atom. The normalized spacial score (nSPS) is 26.6. The summed E-state index contributed by atoms with van der Waals surface area (Å²) in [4.78, 5) is 2.47. The Morgan fingerprint density at radius 1 is 1.25 bits per heavy atom. The maximum absolute atomic E-state index is 13.4. The third-order valence-corrected chi connectivity index (χ3v) is 3.66. The van der Waals surface area contributed by atoms with E-state index >= 15 is 0 Å². The topological polar surface area (TPSA) is 45.1 Å². The van der Waals surface area contributed by atoms with E-state index < -0.39 is 34.8 Å². The fourth-order valence-corrected chi connectivity index (χ4v) is 2.69. The molecule has 0 bridgehead atoms. The summed E-state index contributed by atoms with van der Waals surface area (Å²) in [6.45, 7) is 1.80. The number of nitrogens with one attached hydrogen (secondary N) is 1. The van der Waals surface area contributed by atoms with E-state index in [1.807, 2.05) is 6.92 Å². The number of hydrogen-bond acceptors (Lipinski definition) is 3. The van der Waals surface area contributed by atoms with Crippen LogP contribution in [0.25, 0.3) is 0 Å². The summed E-state index contributed by atoms with van der Waals surface area (Å²) < 4.78 is 52.7. The molecule has 20 heavy (non-hydrogen) atoms. The number of rotatable bonds is 3. The number of aromatic nitrogens is 1. The van der Waals surface area contributed by atoms with Crippen LogP contribution >= 0.6 is 0 Å². The lowest BCUT2D eigenvalue weighted by Gasteiger charge is -2.35. The second-order valence-corrected chi connectivity index (χ2v) is 5.48. The average Bonchev–Trinajstić information content (AvgIpc) is 2.36. The number of nitrogens with zero attached hydrogens (tertiary/aromatic N) is 1. The number of aliphatic hydroxyl groups is 1. The van der Waals surface area contributed by atoms with Gasteiger partial charge in [0.25, 0.3) is 11.9 Å². The highest BCUT2D eigenvalue weighted by Gasteiger charge is 2.33. The lowest BCUT2D eigenvalue weighted by atomic mass is 9.79. The molecule has 1 aliphatic carbocycles. The summed E-state index contributed by atoms with van der Waals surface area (Å²) in [7, 11) is 0. The van der Waals surface area contributed by atoms with Crippen molar-refractivity contribution in [2.75, 3.05) is 11.9 Å². The van der Waals surface area contributed by atoms with Crippen molar-refractivity contribution in [2.24, 2.45) is 5.92 Å². The number of hydrogen-bond donors (Lipinski definition) is 2. The molecule has 0 radical (unpaired) electrons. The molecule has 2 unspecified atom stereocenters. The standard InChI is InChI=1S/C13H16F4N2O/c1-7-3-2-4-13(20,5-7)6-18-10-8(14)11(16)19-12(17)9(10)15/h7,20H,2-6H2,1H3,(H,18,19). The molecule has 0 saturated heterocycles. The van der Waals surface area contributed by atoms with E-state index in [1.165, 1.54) is 0 Å². The molecule has 1 fully saturated rings. The van der Waals surface area contributed by atoms with Crippen molar-refractivity contribution in [1.29, 1.82) is 0 Å². The van der Waals surface area contributed by atoms with Crippen LogP contribution in [-0.4, -0.2) is 22.2 Å². The molecular weight excluding hydrogens is 276 g/mol. The summed E-state index contributed by atoms with van der Waals surface area (Å²) in [5, 5.41) is 12.6. The van der Waals surface area contributed by atoms with E-state index in [0.29, 0.717) is 12.8 Å². The van der Waals surface area contributed by atoms with E-state index in [9.17, 15) is 22.7 Å². The maximum atomic E-state index is 13.4. The summed E-state index contributed by atoms with van der Waals surface area (Å²) in [5.74, 6) is -6.31. The number of anilines is 1. The van der Waals surface area contributed by atoms with Gasteiger partial charge in [-0.25, -0.2) is 0 Å². The minimum Gasteiger partial charge on any atom is -0.388 e. The van der Waals surface area contributed by atoms with Crippen LogP contribution in [0.3, 0.4) is 0 Å². The molecule has 1 aliphatic rings. The zero-order valence-electron chi connectivity index (χ0n) is 11.0. The van der Waals surface area contributed by atoms with E-state index in [4.69, 9.17) is 0 Å². The minimum atomic E-state index is -1.71. The molecule has 2 atom stereocenters. The van der Waals surface area contributed by atoms with Crippen molar-refractivity contribution in [2.45, 2.75) is 38.2 Å². The summed E-state index contributed by atoms with van der Waals surface area (Å²) >= 11 is 0. The molecular formula is C13H16F4N2O. The molecule has 1 saturated carbocycles. The molecule has 7 heteroatoms. The van der Waals surface area contributed by atoms with E-state index in [-0.39, 0.29) is 12.5 Å². The fourth-order valence-electron chi connectivity index (χ4n) is 2.69. The third kappa shape index (κ3) is 3.03. The molecule has 0 spiro atoms. The van der Waals surface area contributed by atoms with Crippen molar-refractivity contribution in [1.82, 2.24) is 4.98 Å². The van der Waals surface area contributed by atoms with Gasteiger partial charge in [0.05, 0.1) is 5.60 Å². The zero-order valence-corrected chi connectivity index (χ0v) is 11.0. The second-order valence-electron chi connectivity index (χ2n) is 5.48. The molecule has 0 amide bonds. The Bertz CT molecular complexity index is 485. The molecule has 2 N–H and O–H groups in total. The van der Waals surface area contributed by atoms with Gasteiger partial charge in [-0.15, -0.1) is 0 Å². The summed E-state index contributed by atoms with van der Waals surface area (Å²) in [5.41, 5.74) is -2.06. The van der Waals surface area contributed by atoms with Gasteiger partial charge in [-0.1, -0.05) is 19.8 Å². The second kappa shape index (κ2) is 5.55. The highest BCUT2D eigenvalue weighted by molar-refractivity contribution is 5.45. The van der Waals surface area contributed by atoms with Gasteiger partial charge >= 0.3 is 0 Å². The Morgan fingerprint density at radius 3 is 2.40 bits per heavy atom. The van der Waals surface area contributed by atoms with Gasteiger partial charge in [-0.05, 0) is 18.8 Å². The third-order valence-electron chi connectivity index (χ3n) is 3.66. The van der Waals surface area contributed by atoms with Crippen LogP contribution in [0.4, 0.5) is 23.2 Å². The highest BCUT2D eigenvalue weighted by atomic mass is 19.2. The molecule has 1 aromatic heterocycles. The SMILES string of the molecule is CC1CCCC(O)(CNc2c(F)c(F)nc(F)c2F)C1. The molecule has 2 rings (SSSR count). The van der Waals surface area contributed by atoms with Gasteiger partial charge in [0.1, 0.15) is 5.69 Å². The Labute approximate surface area is 114 Å². The van der Waals surface area contributed by atoms with Crippen LogP contribution in [0.2, 0.25) is 0 Å². The first-order chi connectivity index (χ1) is 9.32. The first-order valence-corrected chi connectivity index (χ1v) is 6.48. The average molecular weight is 292 g/mol. The molecule has 0 aliphatic heterocycles. The maximum Gasteiger partial charge on any atom is 0.253 e. The van der Waals surface area contributed by atoms with Crippen LogP contribution < -0.4 is 5.32 Å². The molecule has 1 heterocycles. The van der Waals surface area contributed by atoms with Gasteiger partial charge in [-0.2, -0.15) is 22.5 Å². The van der Waals surface area contributed by atoms with Gasteiger partial charge in [0.2, 0.25) is 11.6 Å². The minimum absolute atomic E-state index is 0.173. The molecule has 3 nitrogen and oxygen atoms in total. The van der Waals surface area contributed by atoms with Crippen LogP contribution in [0, 0.1) is 29.4 Å². The smallest absolute Gasteiger partial charge is 0.253 e. The first-order valence-electron chi connectivity index (χ1n) is 6.48. The Kier molecular flexibility index (Phi) is 4.17.